The molecule has 0 aromatic carbocycles. The summed E-state index contributed by atoms with van der Waals surface area (Å²) < 4.78 is 11.7. The van der Waals surface area contributed by atoms with Crippen LogP contribution in [0.4, 0.5) is 0 Å². The summed E-state index contributed by atoms with van der Waals surface area (Å²) in [5, 5.41) is 0. The van der Waals surface area contributed by atoms with Crippen molar-refractivity contribution < 1.29 is 14.3 Å². The molecule has 3 heterocycles. The molecule has 6 heteroatoms. The first-order chi connectivity index (χ1) is 10.6. The van der Waals surface area contributed by atoms with E-state index >= 15 is 0 Å². The van der Waals surface area contributed by atoms with Crippen molar-refractivity contribution in [2.75, 3.05) is 26.3 Å². The predicted molar refractivity (Wildman–Crippen MR) is 80.6 cm³/mol. The average molecular weight is 305 g/mol. The summed E-state index contributed by atoms with van der Waals surface area (Å²) in [5.41, 5.74) is 1.13. The Labute approximate surface area is 130 Å². The van der Waals surface area contributed by atoms with Gasteiger partial charge in [0.2, 0.25) is 0 Å². The number of nitrogens with zero attached hydrogens (tertiary/aromatic N) is 3. The standard InChI is InChI=1S/C16H23N3O3/c1-3-21-13-8-16(22-11-13)4-6-19(7-5-16)15(20)14-10-17-12(2)9-18-14/h9-10,13H,3-8,11H2,1-2H3. The minimum absolute atomic E-state index is 0.0401. The molecule has 0 aliphatic carbocycles. The Bertz CT molecular complexity index is 524. The SMILES string of the molecule is CCOC1COC2(CCN(C(=O)c3cnc(C)cn3)CC2)C1. The van der Waals surface area contributed by atoms with Crippen molar-refractivity contribution in [1.82, 2.24) is 14.9 Å². The Balaban J connectivity index is 1.58. The molecule has 1 amide bonds. The third-order valence-corrected chi connectivity index (χ3v) is 4.54. The number of likely N-dealkylation sites (tertiary alicyclic amines) is 1. The maximum absolute atomic E-state index is 12.4. The van der Waals surface area contributed by atoms with E-state index < -0.39 is 0 Å². The van der Waals surface area contributed by atoms with Crippen molar-refractivity contribution >= 4 is 5.91 Å². The average Bonchev–Trinajstić information content (AvgIpc) is 2.91. The summed E-state index contributed by atoms with van der Waals surface area (Å²) in [6, 6.07) is 0. The van der Waals surface area contributed by atoms with E-state index in [4.69, 9.17) is 9.47 Å². The molecule has 1 atom stereocenters. The predicted octanol–water partition coefficient (Wildman–Crippen LogP) is 1.59. The van der Waals surface area contributed by atoms with Gasteiger partial charge in [0, 0.05) is 32.3 Å². The van der Waals surface area contributed by atoms with Gasteiger partial charge in [-0.25, -0.2) is 4.98 Å². The Kier molecular flexibility index (Phi) is 4.40. The van der Waals surface area contributed by atoms with Crippen LogP contribution in [0.5, 0.6) is 0 Å². The van der Waals surface area contributed by atoms with E-state index in [-0.39, 0.29) is 17.6 Å². The van der Waals surface area contributed by atoms with Crippen LogP contribution >= 0.6 is 0 Å². The fourth-order valence-corrected chi connectivity index (χ4v) is 3.28. The largest absolute Gasteiger partial charge is 0.376 e. The van der Waals surface area contributed by atoms with Gasteiger partial charge in [-0.05, 0) is 26.7 Å². The highest BCUT2D eigenvalue weighted by Gasteiger charge is 2.43. The lowest BCUT2D eigenvalue weighted by atomic mass is 9.88. The number of ether oxygens (including phenoxy) is 2. The lowest BCUT2D eigenvalue weighted by Crippen LogP contribution is -2.46. The summed E-state index contributed by atoms with van der Waals surface area (Å²) in [7, 11) is 0. The topological polar surface area (TPSA) is 64.6 Å². The third-order valence-electron chi connectivity index (χ3n) is 4.54. The number of amides is 1. The molecular formula is C16H23N3O3. The zero-order valence-corrected chi connectivity index (χ0v) is 13.2. The van der Waals surface area contributed by atoms with Crippen LogP contribution in [-0.4, -0.2) is 58.8 Å². The molecule has 22 heavy (non-hydrogen) atoms. The molecule has 0 radical (unpaired) electrons. The summed E-state index contributed by atoms with van der Waals surface area (Å²) in [6.45, 7) is 6.67. The van der Waals surface area contributed by atoms with Crippen LogP contribution in [0, 0.1) is 6.92 Å². The lowest BCUT2D eigenvalue weighted by Gasteiger charge is -2.38. The Morgan fingerprint density at radius 3 is 2.82 bits per heavy atom. The molecule has 120 valence electrons. The molecule has 2 saturated heterocycles. The summed E-state index contributed by atoms with van der Waals surface area (Å²) in [5.74, 6) is -0.0401. The van der Waals surface area contributed by atoms with Crippen LogP contribution < -0.4 is 0 Å². The van der Waals surface area contributed by atoms with Crippen LogP contribution in [0.25, 0.3) is 0 Å². The first-order valence-corrected chi connectivity index (χ1v) is 7.95. The van der Waals surface area contributed by atoms with Crippen LogP contribution in [0.1, 0.15) is 42.4 Å². The number of carbonyl (C=O) groups is 1. The number of rotatable bonds is 3. The van der Waals surface area contributed by atoms with E-state index in [9.17, 15) is 4.79 Å². The summed E-state index contributed by atoms with van der Waals surface area (Å²) in [6.07, 6.45) is 6.05. The van der Waals surface area contributed by atoms with Crippen LogP contribution in [0.15, 0.2) is 12.4 Å². The number of hydrogen-bond donors (Lipinski definition) is 0. The number of aryl methyl sites for hydroxylation is 1. The molecule has 3 rings (SSSR count). The van der Waals surface area contributed by atoms with Gasteiger partial charge in [-0.3, -0.25) is 9.78 Å². The highest BCUT2D eigenvalue weighted by molar-refractivity contribution is 5.92. The molecule has 2 fully saturated rings. The zero-order chi connectivity index (χ0) is 15.6. The van der Waals surface area contributed by atoms with E-state index in [2.05, 4.69) is 9.97 Å². The second-order valence-corrected chi connectivity index (χ2v) is 6.11. The van der Waals surface area contributed by atoms with Crippen molar-refractivity contribution in [1.29, 1.82) is 0 Å². The molecule has 0 N–H and O–H groups in total. The van der Waals surface area contributed by atoms with E-state index in [1.54, 1.807) is 12.4 Å². The maximum Gasteiger partial charge on any atom is 0.274 e. The van der Waals surface area contributed by atoms with Gasteiger partial charge >= 0.3 is 0 Å². The molecule has 0 saturated carbocycles. The first kappa shape index (κ1) is 15.4. The second-order valence-electron chi connectivity index (χ2n) is 6.11. The van der Waals surface area contributed by atoms with Crippen molar-refractivity contribution in [2.24, 2.45) is 0 Å². The van der Waals surface area contributed by atoms with E-state index in [1.807, 2.05) is 18.7 Å². The molecule has 2 aliphatic heterocycles. The number of carbonyl (C=O) groups excluding carboxylic acids is 1. The quantitative estimate of drug-likeness (QED) is 0.848. The molecule has 2 aliphatic rings. The van der Waals surface area contributed by atoms with Gasteiger partial charge in [-0.15, -0.1) is 0 Å². The minimum Gasteiger partial charge on any atom is -0.376 e. The van der Waals surface area contributed by atoms with Crippen molar-refractivity contribution in [3.8, 4) is 0 Å². The summed E-state index contributed by atoms with van der Waals surface area (Å²) >= 11 is 0. The van der Waals surface area contributed by atoms with E-state index in [1.165, 1.54) is 0 Å². The minimum atomic E-state index is -0.102. The van der Waals surface area contributed by atoms with Crippen molar-refractivity contribution in [3.05, 3.63) is 23.8 Å². The number of hydrogen-bond acceptors (Lipinski definition) is 5. The van der Waals surface area contributed by atoms with Gasteiger partial charge in [0.15, 0.2) is 0 Å². The zero-order valence-electron chi connectivity index (χ0n) is 13.2. The Hall–Kier alpha value is -1.53. The second kappa shape index (κ2) is 6.30. The molecular weight excluding hydrogens is 282 g/mol. The highest BCUT2D eigenvalue weighted by Crippen LogP contribution is 2.37. The molecule has 1 aromatic heterocycles. The molecule has 1 spiro atoms. The molecule has 6 nitrogen and oxygen atoms in total. The number of piperidine rings is 1. The summed E-state index contributed by atoms with van der Waals surface area (Å²) in [4.78, 5) is 22.6. The first-order valence-electron chi connectivity index (χ1n) is 7.95. The van der Waals surface area contributed by atoms with Gasteiger partial charge in [0.25, 0.3) is 5.91 Å². The molecule has 1 unspecified atom stereocenters. The Morgan fingerprint density at radius 2 is 2.18 bits per heavy atom. The normalized spacial score (nSPS) is 23.9. The van der Waals surface area contributed by atoms with Crippen molar-refractivity contribution in [2.45, 2.75) is 44.8 Å². The Morgan fingerprint density at radius 1 is 1.41 bits per heavy atom. The lowest BCUT2D eigenvalue weighted by molar-refractivity contribution is -0.0408. The van der Waals surface area contributed by atoms with Gasteiger partial charge in [-0.1, -0.05) is 0 Å². The van der Waals surface area contributed by atoms with Gasteiger partial charge in [0.05, 0.1) is 30.2 Å². The number of aromatic nitrogens is 2. The fraction of sp³-hybridized carbons (Fsp3) is 0.688. The van der Waals surface area contributed by atoms with Gasteiger partial charge in [-0.2, -0.15) is 0 Å². The highest BCUT2D eigenvalue weighted by atomic mass is 16.6. The van der Waals surface area contributed by atoms with E-state index in [0.717, 1.165) is 31.6 Å². The third kappa shape index (κ3) is 3.13. The fourth-order valence-electron chi connectivity index (χ4n) is 3.28. The monoisotopic (exact) mass is 305 g/mol. The smallest absolute Gasteiger partial charge is 0.274 e. The van der Waals surface area contributed by atoms with Crippen LogP contribution in [0.2, 0.25) is 0 Å². The maximum atomic E-state index is 12.4. The van der Waals surface area contributed by atoms with Crippen LogP contribution in [0.3, 0.4) is 0 Å². The van der Waals surface area contributed by atoms with Gasteiger partial charge < -0.3 is 14.4 Å². The molecule has 1 aromatic rings. The van der Waals surface area contributed by atoms with Crippen molar-refractivity contribution in [3.63, 3.8) is 0 Å². The van der Waals surface area contributed by atoms with E-state index in [0.29, 0.717) is 25.4 Å². The van der Waals surface area contributed by atoms with Gasteiger partial charge in [0.1, 0.15) is 5.69 Å². The van der Waals surface area contributed by atoms with Crippen LogP contribution in [-0.2, 0) is 9.47 Å². The molecule has 0 bridgehead atoms.